The van der Waals surface area contributed by atoms with Gasteiger partial charge >= 0.3 is 0 Å². The number of benzene rings is 1. The van der Waals surface area contributed by atoms with Gasteiger partial charge in [-0.3, -0.25) is 4.79 Å². The fraction of sp³-hybridized carbons (Fsp3) is 0.235. The summed E-state index contributed by atoms with van der Waals surface area (Å²) in [6, 6.07) is 9.06. The van der Waals surface area contributed by atoms with E-state index in [9.17, 15) is 9.90 Å². The van der Waals surface area contributed by atoms with Crippen molar-refractivity contribution in [2.24, 2.45) is 0 Å². The standard InChI is InChI=1S/C17H17NO4S/c1-10-6-7-23-16(10)12(19)9-18-17(20)14-8-11-4-3-5-13(21-2)15(11)22-14/h3-8,12,19H,9H2,1-2H3,(H,18,20)/t12-/m0/s1. The maximum absolute atomic E-state index is 12.2. The number of rotatable bonds is 5. The van der Waals surface area contributed by atoms with Crippen molar-refractivity contribution in [2.75, 3.05) is 13.7 Å². The quantitative estimate of drug-likeness (QED) is 0.753. The van der Waals surface area contributed by atoms with Crippen LogP contribution in [0.25, 0.3) is 11.0 Å². The molecule has 6 heteroatoms. The molecular formula is C17H17NO4S. The highest BCUT2D eigenvalue weighted by atomic mass is 32.1. The molecule has 0 spiro atoms. The highest BCUT2D eigenvalue weighted by Gasteiger charge is 2.17. The van der Waals surface area contributed by atoms with E-state index in [0.29, 0.717) is 11.3 Å². The third kappa shape index (κ3) is 3.09. The molecule has 120 valence electrons. The lowest BCUT2D eigenvalue weighted by Gasteiger charge is -2.10. The highest BCUT2D eigenvalue weighted by molar-refractivity contribution is 7.10. The lowest BCUT2D eigenvalue weighted by molar-refractivity contribution is 0.0892. The molecule has 3 aromatic rings. The van der Waals surface area contributed by atoms with Gasteiger partial charge in [-0.1, -0.05) is 12.1 Å². The molecule has 23 heavy (non-hydrogen) atoms. The number of fused-ring (bicyclic) bond motifs is 1. The zero-order chi connectivity index (χ0) is 16.4. The van der Waals surface area contributed by atoms with Crippen LogP contribution in [-0.4, -0.2) is 24.7 Å². The molecule has 3 rings (SSSR count). The van der Waals surface area contributed by atoms with Crippen molar-refractivity contribution in [3.05, 3.63) is 51.9 Å². The minimum atomic E-state index is -0.724. The first-order chi connectivity index (χ1) is 11.1. The Morgan fingerprint density at radius 1 is 1.43 bits per heavy atom. The number of carbonyl (C=O) groups excluding carboxylic acids is 1. The first kappa shape index (κ1) is 15.6. The monoisotopic (exact) mass is 331 g/mol. The molecular weight excluding hydrogens is 314 g/mol. The molecule has 5 nitrogen and oxygen atoms in total. The van der Waals surface area contributed by atoms with Crippen LogP contribution < -0.4 is 10.1 Å². The molecule has 2 aromatic heterocycles. The van der Waals surface area contributed by atoms with Gasteiger partial charge in [0, 0.05) is 16.8 Å². The Morgan fingerprint density at radius 2 is 2.26 bits per heavy atom. The minimum Gasteiger partial charge on any atom is -0.493 e. The first-order valence-electron chi connectivity index (χ1n) is 7.17. The van der Waals surface area contributed by atoms with Gasteiger partial charge in [-0.05, 0) is 36.1 Å². The third-order valence-corrected chi connectivity index (χ3v) is 4.73. The molecule has 0 aliphatic heterocycles. The maximum Gasteiger partial charge on any atom is 0.287 e. The number of hydrogen-bond acceptors (Lipinski definition) is 5. The number of furan rings is 1. The molecule has 0 aliphatic rings. The number of thiophene rings is 1. The zero-order valence-electron chi connectivity index (χ0n) is 12.8. The summed E-state index contributed by atoms with van der Waals surface area (Å²) < 4.78 is 10.8. The molecule has 0 fully saturated rings. The molecule has 0 unspecified atom stereocenters. The zero-order valence-corrected chi connectivity index (χ0v) is 13.6. The fourth-order valence-corrected chi connectivity index (χ4v) is 3.32. The summed E-state index contributed by atoms with van der Waals surface area (Å²) in [7, 11) is 1.55. The SMILES string of the molecule is COc1cccc2cc(C(=O)NC[C@H](O)c3sccc3C)oc12. The van der Waals surface area contributed by atoms with Crippen molar-refractivity contribution in [2.45, 2.75) is 13.0 Å². The normalized spacial score (nSPS) is 12.3. The number of aliphatic hydroxyl groups is 1. The van der Waals surface area contributed by atoms with E-state index in [0.717, 1.165) is 15.8 Å². The van der Waals surface area contributed by atoms with Gasteiger partial charge in [0.2, 0.25) is 0 Å². The Bertz CT molecular complexity index is 836. The van der Waals surface area contributed by atoms with Crippen molar-refractivity contribution in [3.63, 3.8) is 0 Å². The molecule has 0 saturated carbocycles. The van der Waals surface area contributed by atoms with Gasteiger partial charge in [0.25, 0.3) is 5.91 Å². The number of aryl methyl sites for hydroxylation is 1. The van der Waals surface area contributed by atoms with E-state index in [2.05, 4.69) is 5.32 Å². The van der Waals surface area contributed by atoms with E-state index >= 15 is 0 Å². The second kappa shape index (κ2) is 6.44. The summed E-state index contributed by atoms with van der Waals surface area (Å²) in [5.74, 6) is 0.409. The lowest BCUT2D eigenvalue weighted by atomic mass is 10.2. The van der Waals surface area contributed by atoms with Crippen molar-refractivity contribution in [3.8, 4) is 5.75 Å². The van der Waals surface area contributed by atoms with Crippen LogP contribution >= 0.6 is 11.3 Å². The molecule has 0 aliphatic carbocycles. The first-order valence-corrected chi connectivity index (χ1v) is 8.05. The van der Waals surface area contributed by atoms with Crippen LogP contribution in [0.4, 0.5) is 0 Å². The van der Waals surface area contributed by atoms with Gasteiger partial charge in [0.15, 0.2) is 17.1 Å². The summed E-state index contributed by atoms with van der Waals surface area (Å²) in [6.45, 7) is 2.07. The number of hydrogen-bond donors (Lipinski definition) is 2. The second-order valence-corrected chi connectivity index (χ2v) is 6.13. The van der Waals surface area contributed by atoms with Crippen molar-refractivity contribution < 1.29 is 19.1 Å². The van der Waals surface area contributed by atoms with Gasteiger partial charge in [0.1, 0.15) is 6.10 Å². The van der Waals surface area contributed by atoms with Gasteiger partial charge < -0.3 is 19.6 Å². The van der Waals surface area contributed by atoms with Crippen LogP contribution in [0.15, 0.2) is 40.1 Å². The largest absolute Gasteiger partial charge is 0.493 e. The summed E-state index contributed by atoms with van der Waals surface area (Å²) in [5, 5.41) is 15.6. The van der Waals surface area contributed by atoms with Crippen LogP contribution in [0.2, 0.25) is 0 Å². The van der Waals surface area contributed by atoms with Gasteiger partial charge in [0.05, 0.1) is 7.11 Å². The van der Waals surface area contributed by atoms with Crippen LogP contribution in [0, 0.1) is 6.92 Å². The fourth-order valence-electron chi connectivity index (χ4n) is 2.40. The number of amides is 1. The van der Waals surface area contributed by atoms with Crippen LogP contribution in [0.5, 0.6) is 5.75 Å². The number of carbonyl (C=O) groups is 1. The molecule has 1 aromatic carbocycles. The number of ether oxygens (including phenoxy) is 1. The molecule has 2 heterocycles. The molecule has 1 atom stereocenters. The van der Waals surface area contributed by atoms with E-state index in [1.807, 2.05) is 30.5 Å². The van der Waals surface area contributed by atoms with Crippen LogP contribution in [-0.2, 0) is 0 Å². The Morgan fingerprint density at radius 3 is 2.96 bits per heavy atom. The highest BCUT2D eigenvalue weighted by Crippen LogP contribution is 2.28. The van der Waals surface area contributed by atoms with Gasteiger partial charge in [-0.15, -0.1) is 11.3 Å². The van der Waals surface area contributed by atoms with Crippen LogP contribution in [0.3, 0.4) is 0 Å². The molecule has 1 amide bonds. The van der Waals surface area contributed by atoms with E-state index in [4.69, 9.17) is 9.15 Å². The average molecular weight is 331 g/mol. The average Bonchev–Trinajstić information content (AvgIpc) is 3.17. The molecule has 0 radical (unpaired) electrons. The predicted molar refractivity (Wildman–Crippen MR) is 89.1 cm³/mol. The second-order valence-electron chi connectivity index (χ2n) is 5.18. The number of methoxy groups -OCH3 is 1. The van der Waals surface area contributed by atoms with Crippen molar-refractivity contribution in [1.29, 1.82) is 0 Å². The van der Waals surface area contributed by atoms with Crippen molar-refractivity contribution >= 4 is 28.2 Å². The number of aliphatic hydroxyl groups excluding tert-OH is 1. The summed E-state index contributed by atoms with van der Waals surface area (Å²) in [4.78, 5) is 13.1. The number of para-hydroxylation sites is 1. The van der Waals surface area contributed by atoms with E-state index in [1.165, 1.54) is 11.3 Å². The smallest absolute Gasteiger partial charge is 0.287 e. The Hall–Kier alpha value is -2.31. The van der Waals surface area contributed by atoms with E-state index < -0.39 is 6.10 Å². The Labute approximate surface area is 137 Å². The number of nitrogens with one attached hydrogen (secondary N) is 1. The Kier molecular flexibility index (Phi) is 4.36. The molecule has 0 bridgehead atoms. The van der Waals surface area contributed by atoms with E-state index in [-0.39, 0.29) is 18.2 Å². The van der Waals surface area contributed by atoms with Crippen molar-refractivity contribution in [1.82, 2.24) is 5.32 Å². The predicted octanol–water partition coefficient (Wildman–Crippen LogP) is 3.27. The summed E-state index contributed by atoms with van der Waals surface area (Å²) in [6.07, 6.45) is -0.724. The van der Waals surface area contributed by atoms with E-state index in [1.54, 1.807) is 19.2 Å². The van der Waals surface area contributed by atoms with Crippen LogP contribution in [0.1, 0.15) is 27.1 Å². The van der Waals surface area contributed by atoms with Gasteiger partial charge in [-0.25, -0.2) is 0 Å². The topological polar surface area (TPSA) is 71.7 Å². The maximum atomic E-state index is 12.2. The molecule has 2 N–H and O–H groups in total. The van der Waals surface area contributed by atoms with Gasteiger partial charge in [-0.2, -0.15) is 0 Å². The lowest BCUT2D eigenvalue weighted by Crippen LogP contribution is -2.27. The summed E-state index contributed by atoms with van der Waals surface area (Å²) >= 11 is 1.47. The minimum absolute atomic E-state index is 0.133. The Balaban J connectivity index is 1.72. The summed E-state index contributed by atoms with van der Waals surface area (Å²) in [5.41, 5.74) is 1.56. The third-order valence-electron chi connectivity index (χ3n) is 3.61. The molecule has 0 saturated heterocycles.